The quantitative estimate of drug-likeness (QED) is 0.929. The van der Waals surface area contributed by atoms with Crippen LogP contribution in [-0.4, -0.2) is 29.1 Å². The zero-order valence-corrected chi connectivity index (χ0v) is 10.9. The molecule has 1 aromatic rings. The van der Waals surface area contributed by atoms with Crippen LogP contribution in [0.1, 0.15) is 35.8 Å². The molecule has 1 aliphatic heterocycles. The highest BCUT2D eigenvalue weighted by Crippen LogP contribution is 2.32. The zero-order chi connectivity index (χ0) is 14.9. The number of aromatic carboxylic acids is 1. The Hall–Kier alpha value is -1.79. The van der Waals surface area contributed by atoms with Crippen molar-refractivity contribution in [1.29, 1.82) is 0 Å². The van der Waals surface area contributed by atoms with Crippen molar-refractivity contribution in [2.45, 2.75) is 25.9 Å². The predicted molar refractivity (Wildman–Crippen MR) is 66.8 cm³/mol. The van der Waals surface area contributed by atoms with Crippen molar-refractivity contribution in [3.8, 4) is 0 Å². The van der Waals surface area contributed by atoms with Gasteiger partial charge in [0.15, 0.2) is 0 Å². The van der Waals surface area contributed by atoms with Gasteiger partial charge in [0.1, 0.15) is 17.1 Å². The Kier molecular flexibility index (Phi) is 3.87. The van der Waals surface area contributed by atoms with Crippen molar-refractivity contribution >= 4 is 11.8 Å². The van der Waals surface area contributed by atoms with Gasteiger partial charge in [0.25, 0.3) is 0 Å². The molecule has 1 atom stereocenters. The third-order valence-corrected chi connectivity index (χ3v) is 3.56. The molecule has 0 aliphatic carbocycles. The van der Waals surface area contributed by atoms with E-state index in [1.54, 1.807) is 4.90 Å². The van der Waals surface area contributed by atoms with Crippen LogP contribution in [-0.2, 0) is 6.18 Å². The standard InChI is InChI=1S/C13H15F3N2O2/c1-2-8-5-6-18(7-8)11-9(12(19)20)3-4-10(17-11)13(14,15)16/h3-4,8H,2,5-7H2,1H3,(H,19,20). The van der Waals surface area contributed by atoms with Gasteiger partial charge in [-0.15, -0.1) is 0 Å². The molecule has 0 spiro atoms. The number of carbonyl (C=O) groups is 1. The van der Waals surface area contributed by atoms with Gasteiger partial charge >= 0.3 is 12.1 Å². The van der Waals surface area contributed by atoms with Gasteiger partial charge in [-0.3, -0.25) is 0 Å². The second kappa shape index (κ2) is 5.30. The monoisotopic (exact) mass is 288 g/mol. The molecule has 0 saturated carbocycles. The molecule has 110 valence electrons. The largest absolute Gasteiger partial charge is 0.478 e. The van der Waals surface area contributed by atoms with Gasteiger partial charge in [-0.2, -0.15) is 13.2 Å². The summed E-state index contributed by atoms with van der Waals surface area (Å²) in [4.78, 5) is 16.3. The van der Waals surface area contributed by atoms with E-state index in [2.05, 4.69) is 4.98 Å². The lowest BCUT2D eigenvalue weighted by Crippen LogP contribution is -2.25. The highest BCUT2D eigenvalue weighted by molar-refractivity contribution is 5.93. The second-order valence-electron chi connectivity index (χ2n) is 4.88. The molecule has 4 nitrogen and oxygen atoms in total. The Morgan fingerprint density at radius 1 is 1.50 bits per heavy atom. The van der Waals surface area contributed by atoms with E-state index in [1.165, 1.54) is 0 Å². The van der Waals surface area contributed by atoms with E-state index in [4.69, 9.17) is 5.11 Å². The van der Waals surface area contributed by atoms with Crippen LogP contribution in [0.25, 0.3) is 0 Å². The molecule has 20 heavy (non-hydrogen) atoms. The number of rotatable bonds is 3. The summed E-state index contributed by atoms with van der Waals surface area (Å²) in [6, 6.07) is 1.69. The first-order valence-corrected chi connectivity index (χ1v) is 6.39. The first kappa shape index (κ1) is 14.6. The molecular formula is C13H15F3N2O2. The summed E-state index contributed by atoms with van der Waals surface area (Å²) in [7, 11) is 0. The molecule has 0 bridgehead atoms. The third kappa shape index (κ3) is 2.86. The molecule has 0 radical (unpaired) electrons. The molecule has 1 aliphatic rings. The Morgan fingerprint density at radius 2 is 2.20 bits per heavy atom. The number of nitrogens with zero attached hydrogens (tertiary/aromatic N) is 2. The fourth-order valence-electron chi connectivity index (χ4n) is 2.37. The van der Waals surface area contributed by atoms with Crippen molar-refractivity contribution < 1.29 is 23.1 Å². The zero-order valence-electron chi connectivity index (χ0n) is 10.9. The number of halogens is 3. The smallest absolute Gasteiger partial charge is 0.433 e. The van der Waals surface area contributed by atoms with E-state index in [1.807, 2.05) is 6.92 Å². The maximum Gasteiger partial charge on any atom is 0.433 e. The van der Waals surface area contributed by atoms with Gasteiger partial charge in [-0.25, -0.2) is 9.78 Å². The fraction of sp³-hybridized carbons (Fsp3) is 0.538. The van der Waals surface area contributed by atoms with Crippen LogP contribution in [0.4, 0.5) is 19.0 Å². The van der Waals surface area contributed by atoms with Crippen LogP contribution in [0.5, 0.6) is 0 Å². The third-order valence-electron chi connectivity index (χ3n) is 3.56. The van der Waals surface area contributed by atoms with Gasteiger partial charge in [0, 0.05) is 13.1 Å². The first-order chi connectivity index (χ1) is 9.32. The number of anilines is 1. The van der Waals surface area contributed by atoms with E-state index in [-0.39, 0.29) is 11.4 Å². The van der Waals surface area contributed by atoms with E-state index >= 15 is 0 Å². The Bertz CT molecular complexity index is 517. The number of alkyl halides is 3. The lowest BCUT2D eigenvalue weighted by Gasteiger charge is -2.20. The summed E-state index contributed by atoms with van der Waals surface area (Å²) in [6.07, 6.45) is -2.82. The lowest BCUT2D eigenvalue weighted by molar-refractivity contribution is -0.141. The van der Waals surface area contributed by atoms with Crippen LogP contribution in [0.15, 0.2) is 12.1 Å². The molecule has 0 amide bonds. The minimum Gasteiger partial charge on any atom is -0.478 e. The number of pyridine rings is 1. The van der Waals surface area contributed by atoms with Crippen molar-refractivity contribution in [3.05, 3.63) is 23.4 Å². The highest BCUT2D eigenvalue weighted by Gasteiger charge is 2.35. The minimum absolute atomic E-state index is 0.0803. The highest BCUT2D eigenvalue weighted by atomic mass is 19.4. The summed E-state index contributed by atoms with van der Waals surface area (Å²) in [5.41, 5.74) is -1.24. The van der Waals surface area contributed by atoms with E-state index in [0.29, 0.717) is 25.1 Å². The topological polar surface area (TPSA) is 53.4 Å². The van der Waals surface area contributed by atoms with Crippen LogP contribution in [0.2, 0.25) is 0 Å². The Labute approximate surface area is 114 Å². The average Bonchev–Trinajstić information content (AvgIpc) is 2.85. The number of carboxylic acid groups (broad SMARTS) is 1. The average molecular weight is 288 g/mol. The first-order valence-electron chi connectivity index (χ1n) is 6.39. The maximum absolute atomic E-state index is 12.7. The summed E-state index contributed by atoms with van der Waals surface area (Å²) < 4.78 is 38.1. The molecule has 2 heterocycles. The summed E-state index contributed by atoms with van der Waals surface area (Å²) in [5.74, 6) is -0.975. The van der Waals surface area contributed by atoms with Crippen molar-refractivity contribution in [2.24, 2.45) is 5.92 Å². The molecule has 2 rings (SSSR count). The van der Waals surface area contributed by atoms with Gasteiger partial charge in [0.2, 0.25) is 0 Å². The molecule has 7 heteroatoms. The van der Waals surface area contributed by atoms with Crippen LogP contribution in [0, 0.1) is 5.92 Å². The van der Waals surface area contributed by atoms with Gasteiger partial charge in [-0.05, 0) is 24.5 Å². The Balaban J connectivity index is 2.40. The van der Waals surface area contributed by atoms with Gasteiger partial charge in [-0.1, -0.05) is 13.3 Å². The lowest BCUT2D eigenvalue weighted by atomic mass is 10.1. The molecule has 1 N–H and O–H groups in total. The molecule has 1 aromatic heterocycles. The van der Waals surface area contributed by atoms with Crippen LogP contribution >= 0.6 is 0 Å². The van der Waals surface area contributed by atoms with Crippen molar-refractivity contribution in [1.82, 2.24) is 4.98 Å². The fourth-order valence-corrected chi connectivity index (χ4v) is 2.37. The van der Waals surface area contributed by atoms with Crippen LogP contribution < -0.4 is 4.90 Å². The van der Waals surface area contributed by atoms with E-state index in [9.17, 15) is 18.0 Å². The molecule has 1 fully saturated rings. The number of hydrogen-bond acceptors (Lipinski definition) is 3. The molecule has 1 unspecified atom stereocenters. The Morgan fingerprint density at radius 3 is 2.70 bits per heavy atom. The molecule has 1 saturated heterocycles. The van der Waals surface area contributed by atoms with Crippen LogP contribution in [0.3, 0.4) is 0 Å². The van der Waals surface area contributed by atoms with Crippen molar-refractivity contribution in [3.63, 3.8) is 0 Å². The summed E-state index contributed by atoms with van der Waals surface area (Å²) >= 11 is 0. The van der Waals surface area contributed by atoms with Crippen molar-refractivity contribution in [2.75, 3.05) is 18.0 Å². The maximum atomic E-state index is 12.7. The number of hydrogen-bond donors (Lipinski definition) is 1. The van der Waals surface area contributed by atoms with Gasteiger partial charge < -0.3 is 10.0 Å². The molecule has 0 aromatic carbocycles. The second-order valence-corrected chi connectivity index (χ2v) is 4.88. The van der Waals surface area contributed by atoms with Gasteiger partial charge in [0.05, 0.1) is 0 Å². The number of aromatic nitrogens is 1. The SMILES string of the molecule is CCC1CCN(c2nc(C(F)(F)F)ccc2C(=O)O)C1. The normalized spacial score (nSPS) is 19.4. The van der Waals surface area contributed by atoms with E-state index in [0.717, 1.165) is 18.9 Å². The minimum atomic E-state index is -4.57. The summed E-state index contributed by atoms with van der Waals surface area (Å²) in [6.45, 7) is 3.09. The predicted octanol–water partition coefficient (Wildman–Crippen LogP) is 3.03. The van der Waals surface area contributed by atoms with E-state index < -0.39 is 17.8 Å². The number of carboxylic acids is 1. The summed E-state index contributed by atoms with van der Waals surface area (Å²) in [5, 5.41) is 9.09. The molecular weight excluding hydrogens is 273 g/mol.